The molecule has 2 atom stereocenters. The maximum atomic E-state index is 4.50. The van der Waals surface area contributed by atoms with E-state index in [1.807, 2.05) is 0 Å². The molecule has 0 spiro atoms. The lowest BCUT2D eigenvalue weighted by Gasteiger charge is -2.22. The number of fused-ring (bicyclic) bond motifs is 3. The predicted molar refractivity (Wildman–Crippen MR) is 51.8 cm³/mol. The summed E-state index contributed by atoms with van der Waals surface area (Å²) in [7, 11) is 0. The minimum absolute atomic E-state index is 0.157. The third-order valence-electron chi connectivity index (χ3n) is 3.31. The molecule has 2 aliphatic carbocycles. The maximum absolute atomic E-state index is 4.50. The lowest BCUT2D eigenvalue weighted by Crippen LogP contribution is -2.25. The van der Waals surface area contributed by atoms with Gasteiger partial charge in [0.2, 0.25) is 0 Å². The van der Waals surface area contributed by atoms with Crippen LogP contribution in [-0.2, 0) is 12.0 Å². The Hall–Kier alpha value is -0.790. The van der Waals surface area contributed by atoms with Gasteiger partial charge in [-0.25, -0.2) is 0 Å². The molecule has 1 heterocycles. The van der Waals surface area contributed by atoms with Crippen molar-refractivity contribution in [3.05, 3.63) is 17.5 Å². The van der Waals surface area contributed by atoms with E-state index in [9.17, 15) is 0 Å². The van der Waals surface area contributed by atoms with E-state index in [2.05, 4.69) is 36.7 Å². The van der Waals surface area contributed by atoms with Crippen molar-refractivity contribution >= 4 is 0 Å². The van der Waals surface area contributed by atoms with Gasteiger partial charge in [0.15, 0.2) is 0 Å². The van der Waals surface area contributed by atoms with Gasteiger partial charge in [0.1, 0.15) is 0 Å². The largest absolute Gasteiger partial charge is 0.264 e. The van der Waals surface area contributed by atoms with Crippen LogP contribution in [0.15, 0.2) is 6.20 Å². The topological polar surface area (TPSA) is 17.8 Å². The molecule has 1 aromatic rings. The molecule has 0 radical (unpaired) electrons. The zero-order chi connectivity index (χ0) is 9.22. The van der Waals surface area contributed by atoms with E-state index >= 15 is 0 Å². The number of hydrogen-bond acceptors (Lipinski definition) is 1. The van der Waals surface area contributed by atoms with Gasteiger partial charge in [-0.1, -0.05) is 0 Å². The Balaban J connectivity index is 2.10. The van der Waals surface area contributed by atoms with Crippen molar-refractivity contribution in [3.8, 4) is 0 Å². The molecule has 0 saturated heterocycles. The highest BCUT2D eigenvalue weighted by Crippen LogP contribution is 2.56. The van der Waals surface area contributed by atoms with Crippen molar-refractivity contribution < 1.29 is 0 Å². The van der Waals surface area contributed by atoms with E-state index in [1.54, 1.807) is 5.56 Å². The molecule has 2 nitrogen and oxygen atoms in total. The second kappa shape index (κ2) is 1.99. The van der Waals surface area contributed by atoms with Crippen LogP contribution in [0.5, 0.6) is 0 Å². The SMILES string of the molecule is CC(C)(C)n1ncc2c1C[C@@H]1C[C@H]21. The quantitative estimate of drug-likeness (QED) is 0.593. The fraction of sp³-hybridized carbons (Fsp3) is 0.727. The van der Waals surface area contributed by atoms with Crippen molar-refractivity contribution in [3.63, 3.8) is 0 Å². The van der Waals surface area contributed by atoms with Crippen LogP contribution < -0.4 is 0 Å². The molecule has 2 heteroatoms. The fourth-order valence-corrected chi connectivity index (χ4v) is 2.58. The maximum Gasteiger partial charge on any atom is 0.0546 e. The van der Waals surface area contributed by atoms with Crippen LogP contribution in [0.4, 0.5) is 0 Å². The highest BCUT2D eigenvalue weighted by atomic mass is 15.3. The summed E-state index contributed by atoms with van der Waals surface area (Å²) in [6.07, 6.45) is 4.79. The molecule has 2 aliphatic rings. The van der Waals surface area contributed by atoms with E-state index in [1.165, 1.54) is 18.5 Å². The standard InChI is InChI=1S/C11H16N2/c1-11(2,3)13-10-5-7-4-8(7)9(10)6-12-13/h6-8H,4-5H2,1-3H3/t7-,8-/m0/s1. The van der Waals surface area contributed by atoms with Crippen LogP contribution in [-0.4, -0.2) is 9.78 Å². The molecule has 1 aromatic heterocycles. The first-order valence-corrected chi connectivity index (χ1v) is 5.14. The highest BCUT2D eigenvalue weighted by molar-refractivity contribution is 5.36. The van der Waals surface area contributed by atoms with E-state index in [4.69, 9.17) is 0 Å². The molecule has 1 fully saturated rings. The zero-order valence-electron chi connectivity index (χ0n) is 8.54. The van der Waals surface area contributed by atoms with Gasteiger partial charge >= 0.3 is 0 Å². The van der Waals surface area contributed by atoms with Gasteiger partial charge in [-0.2, -0.15) is 5.10 Å². The summed E-state index contributed by atoms with van der Waals surface area (Å²) >= 11 is 0. The average Bonchev–Trinajstić information content (AvgIpc) is 2.52. The van der Waals surface area contributed by atoms with Crippen molar-refractivity contribution in [2.75, 3.05) is 0 Å². The van der Waals surface area contributed by atoms with Crippen LogP contribution in [0.25, 0.3) is 0 Å². The first-order chi connectivity index (χ1) is 6.07. The molecule has 0 aliphatic heterocycles. The third-order valence-corrected chi connectivity index (χ3v) is 3.31. The summed E-state index contributed by atoms with van der Waals surface area (Å²) < 4.78 is 2.22. The summed E-state index contributed by atoms with van der Waals surface area (Å²) in [6, 6.07) is 0. The molecule has 70 valence electrons. The van der Waals surface area contributed by atoms with Crippen LogP contribution in [0.2, 0.25) is 0 Å². The molecule has 0 aromatic carbocycles. The van der Waals surface area contributed by atoms with E-state index in [0.29, 0.717) is 0 Å². The number of nitrogens with zero attached hydrogens (tertiary/aromatic N) is 2. The Morgan fingerprint density at radius 3 is 2.92 bits per heavy atom. The Morgan fingerprint density at radius 1 is 1.46 bits per heavy atom. The second-order valence-electron chi connectivity index (χ2n) is 5.44. The van der Waals surface area contributed by atoms with Gasteiger partial charge in [0.05, 0.1) is 11.7 Å². The summed E-state index contributed by atoms with van der Waals surface area (Å²) in [5, 5.41) is 4.50. The van der Waals surface area contributed by atoms with Crippen molar-refractivity contribution in [2.24, 2.45) is 5.92 Å². The monoisotopic (exact) mass is 176 g/mol. The lowest BCUT2D eigenvalue weighted by molar-refractivity contribution is 0.342. The van der Waals surface area contributed by atoms with Crippen LogP contribution in [0, 0.1) is 5.92 Å². The molecular formula is C11H16N2. The summed E-state index contributed by atoms with van der Waals surface area (Å²) in [5.74, 6) is 1.85. The van der Waals surface area contributed by atoms with Crippen LogP contribution in [0.1, 0.15) is 44.4 Å². The van der Waals surface area contributed by atoms with Crippen molar-refractivity contribution in [1.29, 1.82) is 0 Å². The van der Waals surface area contributed by atoms with Gasteiger partial charge in [0.25, 0.3) is 0 Å². The minimum atomic E-state index is 0.157. The predicted octanol–water partition coefficient (Wildman–Crippen LogP) is 2.30. The fourth-order valence-electron chi connectivity index (χ4n) is 2.58. The minimum Gasteiger partial charge on any atom is -0.264 e. The Kier molecular flexibility index (Phi) is 1.17. The normalized spacial score (nSPS) is 30.1. The van der Waals surface area contributed by atoms with Gasteiger partial charge in [0, 0.05) is 5.69 Å². The number of rotatable bonds is 0. The molecule has 0 unspecified atom stereocenters. The van der Waals surface area contributed by atoms with E-state index in [-0.39, 0.29) is 5.54 Å². The summed E-state index contributed by atoms with van der Waals surface area (Å²) in [5.41, 5.74) is 3.21. The molecule has 3 rings (SSSR count). The third kappa shape index (κ3) is 0.917. The highest BCUT2D eigenvalue weighted by Gasteiger charge is 2.47. The lowest BCUT2D eigenvalue weighted by atomic mass is 10.1. The molecule has 0 amide bonds. The smallest absolute Gasteiger partial charge is 0.0546 e. The number of hydrogen-bond donors (Lipinski definition) is 0. The molecule has 13 heavy (non-hydrogen) atoms. The van der Waals surface area contributed by atoms with Gasteiger partial charge in [-0.15, -0.1) is 0 Å². The first kappa shape index (κ1) is 7.60. The van der Waals surface area contributed by atoms with Gasteiger partial charge in [-0.3, -0.25) is 4.68 Å². The van der Waals surface area contributed by atoms with E-state index < -0.39 is 0 Å². The average molecular weight is 176 g/mol. The first-order valence-electron chi connectivity index (χ1n) is 5.14. The zero-order valence-corrected chi connectivity index (χ0v) is 8.54. The Bertz CT molecular complexity index is 357. The number of aromatic nitrogens is 2. The van der Waals surface area contributed by atoms with Crippen LogP contribution >= 0.6 is 0 Å². The molecular weight excluding hydrogens is 160 g/mol. The molecule has 0 bridgehead atoms. The Morgan fingerprint density at radius 2 is 2.23 bits per heavy atom. The van der Waals surface area contributed by atoms with Gasteiger partial charge < -0.3 is 0 Å². The summed E-state index contributed by atoms with van der Waals surface area (Å²) in [4.78, 5) is 0. The molecule has 0 N–H and O–H groups in total. The van der Waals surface area contributed by atoms with Crippen molar-refractivity contribution in [2.45, 2.75) is 45.1 Å². The second-order valence-corrected chi connectivity index (χ2v) is 5.44. The Labute approximate surface area is 78.9 Å². The van der Waals surface area contributed by atoms with Crippen molar-refractivity contribution in [1.82, 2.24) is 9.78 Å². The van der Waals surface area contributed by atoms with Crippen LogP contribution in [0.3, 0.4) is 0 Å². The summed E-state index contributed by atoms with van der Waals surface area (Å²) in [6.45, 7) is 6.68. The van der Waals surface area contributed by atoms with E-state index in [0.717, 1.165) is 11.8 Å². The van der Waals surface area contributed by atoms with Gasteiger partial charge in [-0.05, 0) is 51.0 Å². The molecule has 1 saturated carbocycles.